The summed E-state index contributed by atoms with van der Waals surface area (Å²) in [4.78, 5) is 2.50. The average Bonchev–Trinajstić information content (AvgIpc) is 3.69. The molecule has 0 aliphatic carbocycles. The van der Waals surface area contributed by atoms with Crippen LogP contribution in [0, 0.1) is 0 Å². The van der Waals surface area contributed by atoms with Crippen molar-refractivity contribution in [3.05, 3.63) is 255 Å². The van der Waals surface area contributed by atoms with Gasteiger partial charge in [-0.25, -0.2) is 0 Å². The van der Waals surface area contributed by atoms with E-state index in [0.717, 1.165) is 22.7 Å². The number of rotatable bonds is 9. The lowest BCUT2D eigenvalue weighted by Gasteiger charge is -2.35. The molecular formula is C58H42N2Si. The van der Waals surface area contributed by atoms with E-state index in [9.17, 15) is 0 Å². The van der Waals surface area contributed by atoms with E-state index < -0.39 is 8.07 Å². The van der Waals surface area contributed by atoms with Crippen molar-refractivity contribution in [2.45, 2.75) is 0 Å². The van der Waals surface area contributed by atoms with Crippen molar-refractivity contribution in [2.24, 2.45) is 0 Å². The number of para-hydroxylation sites is 2. The molecule has 0 bridgehead atoms. The van der Waals surface area contributed by atoms with E-state index in [0.29, 0.717) is 0 Å². The molecule has 0 aliphatic rings. The smallest absolute Gasteiger partial charge is 0.179 e. The largest absolute Gasteiger partial charge is 0.310 e. The molecule has 0 N–H and O–H groups in total. The van der Waals surface area contributed by atoms with Gasteiger partial charge in [0.15, 0.2) is 8.07 Å². The molecule has 61 heavy (non-hydrogen) atoms. The number of aromatic nitrogens is 1. The maximum absolute atomic E-state index is 2.83. The molecule has 0 saturated heterocycles. The third-order valence-corrected chi connectivity index (χ3v) is 17.1. The van der Waals surface area contributed by atoms with Gasteiger partial charge in [0.1, 0.15) is 0 Å². The highest BCUT2D eigenvalue weighted by atomic mass is 28.3. The van der Waals surface area contributed by atoms with Crippen molar-refractivity contribution in [3.8, 4) is 16.8 Å². The molecule has 11 aromatic rings. The SMILES string of the molecule is c1ccc(-c2ccc3cc(N(c4cccc([Si](c5ccccc5)(c5ccccc5)c5ccccc5)c4)c4cccc5c4c4ccccc4n5-c4ccccc4)ccc3c2)cc1. The van der Waals surface area contributed by atoms with Crippen LogP contribution in [0.4, 0.5) is 17.1 Å². The standard InChI is InChI=1S/C58H42N2Si/c1-6-20-43(21-7-1)44-36-37-46-41-49(39-38-45(46)40-44)59(56-34-19-35-57-58(56)54-32-16-17-33-55(54)60(57)47-22-8-2-9-23-47)48-24-18-31-53(42-48)61(50-25-10-3-11-26-50,51-27-12-4-13-28-51)52-29-14-5-15-30-52/h1-42H. The third kappa shape index (κ3) is 6.26. The van der Waals surface area contributed by atoms with E-state index in [1.165, 1.54) is 64.5 Å². The van der Waals surface area contributed by atoms with Crippen LogP contribution in [0.25, 0.3) is 49.4 Å². The van der Waals surface area contributed by atoms with Crippen LogP contribution in [0.3, 0.4) is 0 Å². The summed E-state index contributed by atoms with van der Waals surface area (Å²) in [6, 6.07) is 93.8. The summed E-state index contributed by atoms with van der Waals surface area (Å²) in [5.74, 6) is 0. The molecular weight excluding hydrogens is 753 g/mol. The zero-order valence-electron chi connectivity index (χ0n) is 33.6. The first-order valence-electron chi connectivity index (χ1n) is 21.0. The lowest BCUT2D eigenvalue weighted by Crippen LogP contribution is -2.74. The van der Waals surface area contributed by atoms with Gasteiger partial charge in [-0.2, -0.15) is 0 Å². The fourth-order valence-electron chi connectivity index (χ4n) is 9.59. The molecule has 2 nitrogen and oxygen atoms in total. The first kappa shape index (κ1) is 36.4. The minimum absolute atomic E-state index is 1.10. The molecule has 0 radical (unpaired) electrons. The van der Waals surface area contributed by atoms with Crippen LogP contribution in [-0.4, -0.2) is 12.6 Å². The van der Waals surface area contributed by atoms with Crippen LogP contribution in [-0.2, 0) is 0 Å². The zero-order valence-corrected chi connectivity index (χ0v) is 34.6. The van der Waals surface area contributed by atoms with E-state index >= 15 is 0 Å². The van der Waals surface area contributed by atoms with Gasteiger partial charge in [-0.05, 0) is 103 Å². The van der Waals surface area contributed by atoms with Gasteiger partial charge < -0.3 is 9.47 Å². The molecule has 1 heterocycles. The van der Waals surface area contributed by atoms with Crippen LogP contribution in [0.15, 0.2) is 255 Å². The molecule has 3 heteroatoms. The van der Waals surface area contributed by atoms with Crippen LogP contribution < -0.4 is 25.6 Å². The van der Waals surface area contributed by atoms with Crippen molar-refractivity contribution in [3.63, 3.8) is 0 Å². The second-order valence-corrected chi connectivity index (χ2v) is 19.5. The fraction of sp³-hybridized carbons (Fsp3) is 0. The molecule has 0 atom stereocenters. The number of fused-ring (bicyclic) bond motifs is 4. The van der Waals surface area contributed by atoms with Crippen molar-refractivity contribution < 1.29 is 0 Å². The maximum atomic E-state index is 2.50. The Hall–Kier alpha value is -7.72. The lowest BCUT2D eigenvalue weighted by atomic mass is 10.0. The average molecular weight is 795 g/mol. The van der Waals surface area contributed by atoms with E-state index in [1.807, 2.05) is 0 Å². The predicted octanol–water partition coefficient (Wildman–Crippen LogP) is 12.5. The highest BCUT2D eigenvalue weighted by Crippen LogP contribution is 2.44. The second-order valence-electron chi connectivity index (χ2n) is 15.7. The Morgan fingerprint density at radius 2 is 0.836 bits per heavy atom. The minimum Gasteiger partial charge on any atom is -0.310 e. The summed E-state index contributed by atoms with van der Waals surface area (Å²) in [6.45, 7) is 0. The monoisotopic (exact) mass is 794 g/mol. The molecule has 11 rings (SSSR count). The minimum atomic E-state index is -2.83. The fourth-order valence-corrected chi connectivity index (χ4v) is 14.4. The Balaban J connectivity index is 1.19. The van der Waals surface area contributed by atoms with Gasteiger partial charge in [-0.3, -0.25) is 0 Å². The third-order valence-electron chi connectivity index (χ3n) is 12.3. The Morgan fingerprint density at radius 3 is 1.51 bits per heavy atom. The quantitative estimate of drug-likeness (QED) is 0.104. The Morgan fingerprint density at radius 1 is 0.328 bits per heavy atom. The van der Waals surface area contributed by atoms with Gasteiger partial charge in [0.25, 0.3) is 0 Å². The predicted molar refractivity (Wildman–Crippen MR) is 262 cm³/mol. The van der Waals surface area contributed by atoms with E-state index in [4.69, 9.17) is 0 Å². The maximum Gasteiger partial charge on any atom is 0.179 e. The van der Waals surface area contributed by atoms with Gasteiger partial charge >= 0.3 is 0 Å². The van der Waals surface area contributed by atoms with Gasteiger partial charge in [0, 0.05) is 27.8 Å². The van der Waals surface area contributed by atoms with E-state index in [2.05, 4.69) is 264 Å². The van der Waals surface area contributed by atoms with Crippen molar-refractivity contribution in [2.75, 3.05) is 4.90 Å². The summed E-state index contributed by atoms with van der Waals surface area (Å²) in [7, 11) is -2.83. The summed E-state index contributed by atoms with van der Waals surface area (Å²) in [5.41, 5.74) is 9.27. The molecule has 0 fully saturated rings. The van der Waals surface area contributed by atoms with Crippen LogP contribution in [0.5, 0.6) is 0 Å². The normalized spacial score (nSPS) is 11.6. The zero-order chi connectivity index (χ0) is 40.6. The highest BCUT2D eigenvalue weighted by Gasteiger charge is 2.41. The molecule has 0 amide bonds. The molecule has 1 aromatic heterocycles. The lowest BCUT2D eigenvalue weighted by molar-refractivity contribution is 1.18. The Kier molecular flexibility index (Phi) is 9.22. The Bertz CT molecular complexity index is 3190. The second kappa shape index (κ2) is 15.5. The van der Waals surface area contributed by atoms with E-state index in [1.54, 1.807) is 0 Å². The molecule has 0 spiro atoms. The first-order valence-corrected chi connectivity index (χ1v) is 23.0. The molecule has 0 saturated carbocycles. The number of benzene rings is 10. The van der Waals surface area contributed by atoms with Crippen LogP contribution in [0.2, 0.25) is 0 Å². The summed E-state index contributed by atoms with van der Waals surface area (Å²) in [6.07, 6.45) is 0. The number of hydrogen-bond donors (Lipinski definition) is 0. The molecule has 0 aliphatic heterocycles. The van der Waals surface area contributed by atoms with Crippen LogP contribution in [0.1, 0.15) is 0 Å². The topological polar surface area (TPSA) is 8.17 Å². The van der Waals surface area contributed by atoms with Gasteiger partial charge in [-0.15, -0.1) is 0 Å². The van der Waals surface area contributed by atoms with E-state index in [-0.39, 0.29) is 0 Å². The van der Waals surface area contributed by atoms with Gasteiger partial charge in [-0.1, -0.05) is 194 Å². The number of anilines is 3. The Labute approximate surface area is 357 Å². The molecule has 288 valence electrons. The van der Waals surface area contributed by atoms with Gasteiger partial charge in [0.2, 0.25) is 0 Å². The van der Waals surface area contributed by atoms with Crippen LogP contribution >= 0.6 is 0 Å². The van der Waals surface area contributed by atoms with Crippen molar-refractivity contribution in [1.29, 1.82) is 0 Å². The van der Waals surface area contributed by atoms with Gasteiger partial charge in [0.05, 0.1) is 16.7 Å². The molecule has 0 unspecified atom stereocenters. The van der Waals surface area contributed by atoms with Crippen molar-refractivity contribution >= 4 is 78.5 Å². The summed E-state index contributed by atoms with van der Waals surface area (Å²) < 4.78 is 2.41. The summed E-state index contributed by atoms with van der Waals surface area (Å²) >= 11 is 0. The number of nitrogens with zero attached hydrogens (tertiary/aromatic N) is 2. The highest BCUT2D eigenvalue weighted by molar-refractivity contribution is 7.19. The molecule has 10 aromatic carbocycles. The van der Waals surface area contributed by atoms with Crippen molar-refractivity contribution in [1.82, 2.24) is 4.57 Å². The summed E-state index contributed by atoms with van der Waals surface area (Å²) in [5, 5.41) is 10.2. The first-order chi connectivity index (χ1) is 30.3. The number of hydrogen-bond acceptors (Lipinski definition) is 1.